The van der Waals surface area contributed by atoms with Crippen molar-refractivity contribution in [3.63, 3.8) is 0 Å². The Hall–Kier alpha value is -0.780. The van der Waals surface area contributed by atoms with E-state index in [-0.39, 0.29) is 5.56 Å². The summed E-state index contributed by atoms with van der Waals surface area (Å²) in [4.78, 5) is 0. The molecule has 152 valence electrons. The number of unbranched alkanes of at least 4 members (excludes halogenated alkanes) is 9. The first-order valence-electron chi connectivity index (χ1n) is 9.60. The van der Waals surface area contributed by atoms with Crippen molar-refractivity contribution in [1.29, 1.82) is 0 Å². The van der Waals surface area contributed by atoms with Gasteiger partial charge in [-0.3, -0.25) is 0 Å². The predicted octanol–water partition coefficient (Wildman–Crippen LogP) is 6.74. The van der Waals surface area contributed by atoms with Crippen LogP contribution >= 0.6 is 23.0 Å². The number of rotatable bonds is 14. The zero-order valence-corrected chi connectivity index (χ0v) is 17.8. The minimum Gasteiger partial charge on any atom is -0.379 e. The highest BCUT2D eigenvalue weighted by Gasteiger charge is 2.08. The molecule has 0 heterocycles. The Bertz CT molecular complexity index is 562. The van der Waals surface area contributed by atoms with Crippen LogP contribution in [0.25, 0.3) is 0 Å². The fourth-order valence-electron chi connectivity index (χ4n) is 2.66. The fourth-order valence-corrected chi connectivity index (χ4v) is 2.84. The number of hydrogen-bond donors (Lipinski definition) is 0. The van der Waals surface area contributed by atoms with Crippen LogP contribution in [0.2, 0.25) is 0 Å². The van der Waals surface area contributed by atoms with E-state index in [4.69, 9.17) is 7.80 Å². The third-order valence-electron chi connectivity index (χ3n) is 4.12. The molecule has 1 rings (SSSR count). The van der Waals surface area contributed by atoms with Crippen LogP contribution in [0.3, 0.4) is 0 Å². The van der Waals surface area contributed by atoms with E-state index in [0.29, 0.717) is 31.8 Å². The van der Waals surface area contributed by atoms with Crippen LogP contribution in [0.15, 0.2) is 12.1 Å². The summed E-state index contributed by atoms with van der Waals surface area (Å²) in [5, 5.41) is 0. The molecule has 6 heteroatoms. The lowest BCUT2D eigenvalue weighted by atomic mass is 10.1. The number of hydrogen-bond acceptors (Lipinski definition) is 2. The number of halogens is 4. The Morgan fingerprint density at radius 2 is 1.30 bits per heavy atom. The maximum Gasteiger partial charge on any atom is 0.144 e. The van der Waals surface area contributed by atoms with Gasteiger partial charge in [0.2, 0.25) is 0 Å². The van der Waals surface area contributed by atoms with Crippen molar-refractivity contribution < 1.29 is 21.0 Å². The first-order chi connectivity index (χ1) is 13.1. The lowest BCUT2D eigenvalue weighted by Crippen LogP contribution is -2.01. The summed E-state index contributed by atoms with van der Waals surface area (Å²) in [5.41, 5.74) is -0.347. The van der Waals surface area contributed by atoms with Gasteiger partial charge in [0, 0.05) is 25.2 Å². The minimum absolute atomic E-state index is 0.347. The van der Waals surface area contributed by atoms with Gasteiger partial charge < -0.3 is 7.80 Å². The van der Waals surface area contributed by atoms with Crippen molar-refractivity contribution >= 4 is 23.0 Å². The Balaban J connectivity index is 1.94. The Labute approximate surface area is 174 Å². The SMILES string of the molecule is Fc1cc(F)c(C#CCCCCCCCCCCCOCCOI)c(F)c1. The van der Waals surface area contributed by atoms with Crippen LogP contribution in [0.4, 0.5) is 13.2 Å². The zero-order chi connectivity index (χ0) is 19.7. The van der Waals surface area contributed by atoms with Crippen molar-refractivity contribution in [2.75, 3.05) is 19.8 Å². The Morgan fingerprint density at radius 3 is 1.89 bits per heavy atom. The smallest absolute Gasteiger partial charge is 0.144 e. The largest absolute Gasteiger partial charge is 0.379 e. The van der Waals surface area contributed by atoms with E-state index in [1.54, 1.807) is 0 Å². The van der Waals surface area contributed by atoms with Gasteiger partial charge in [-0.05, 0) is 12.8 Å². The average molecular weight is 496 g/mol. The van der Waals surface area contributed by atoms with Crippen molar-refractivity contribution in [2.24, 2.45) is 0 Å². The molecule has 0 bridgehead atoms. The van der Waals surface area contributed by atoms with Gasteiger partial charge in [0.1, 0.15) is 40.5 Å². The summed E-state index contributed by atoms with van der Waals surface area (Å²) in [6.45, 7) is 2.13. The van der Waals surface area contributed by atoms with Gasteiger partial charge >= 0.3 is 0 Å². The van der Waals surface area contributed by atoms with E-state index in [9.17, 15) is 13.2 Å². The highest BCUT2D eigenvalue weighted by molar-refractivity contribution is 14.1. The molecule has 0 N–H and O–H groups in total. The van der Waals surface area contributed by atoms with E-state index in [2.05, 4.69) is 11.8 Å². The van der Waals surface area contributed by atoms with E-state index in [1.807, 2.05) is 23.0 Å². The molecule has 0 fully saturated rings. The highest BCUT2D eigenvalue weighted by atomic mass is 127. The summed E-state index contributed by atoms with van der Waals surface area (Å²) in [6.07, 6.45) is 11.0. The normalized spacial score (nSPS) is 10.7. The van der Waals surface area contributed by atoms with Gasteiger partial charge in [-0.2, -0.15) is 0 Å². The number of ether oxygens (including phenoxy) is 1. The molecule has 0 saturated carbocycles. The molecule has 0 aromatic heterocycles. The van der Waals surface area contributed by atoms with E-state index in [1.165, 1.54) is 32.1 Å². The lowest BCUT2D eigenvalue weighted by molar-refractivity contribution is 0.109. The van der Waals surface area contributed by atoms with E-state index >= 15 is 0 Å². The van der Waals surface area contributed by atoms with Crippen LogP contribution in [0, 0.1) is 29.3 Å². The average Bonchev–Trinajstić information content (AvgIpc) is 2.63. The zero-order valence-electron chi connectivity index (χ0n) is 15.7. The van der Waals surface area contributed by atoms with Crippen LogP contribution in [-0.4, -0.2) is 19.8 Å². The molecule has 0 aliphatic carbocycles. The van der Waals surface area contributed by atoms with Crippen molar-refractivity contribution in [3.8, 4) is 11.8 Å². The molecule has 0 unspecified atom stereocenters. The Morgan fingerprint density at radius 1 is 0.741 bits per heavy atom. The van der Waals surface area contributed by atoms with Crippen LogP contribution in [0.1, 0.15) is 69.8 Å². The molecule has 1 aromatic rings. The second-order valence-electron chi connectivity index (χ2n) is 6.40. The molecule has 0 aliphatic heterocycles. The first-order valence-corrected chi connectivity index (χ1v) is 10.5. The van der Waals surface area contributed by atoms with Gasteiger partial charge in [-0.15, -0.1) is 0 Å². The summed E-state index contributed by atoms with van der Waals surface area (Å²) < 4.78 is 49.9. The van der Waals surface area contributed by atoms with Crippen molar-refractivity contribution in [2.45, 2.75) is 64.2 Å². The third kappa shape index (κ3) is 12.3. The van der Waals surface area contributed by atoms with Crippen LogP contribution in [0.5, 0.6) is 0 Å². The quantitative estimate of drug-likeness (QED) is 0.161. The fraction of sp³-hybridized carbons (Fsp3) is 0.619. The third-order valence-corrected chi connectivity index (χ3v) is 4.56. The standard InChI is InChI=1S/C21H28F3IO2/c22-18-16-20(23)19(21(24)17-18)12-10-8-6-4-2-1-3-5-7-9-11-13-26-14-15-27-25/h16-17H,1-9,11,13-15H2. The van der Waals surface area contributed by atoms with Crippen LogP contribution < -0.4 is 0 Å². The molecule has 2 nitrogen and oxygen atoms in total. The molecular formula is C21H28F3IO2. The molecule has 1 aromatic carbocycles. The maximum absolute atomic E-state index is 13.4. The van der Waals surface area contributed by atoms with Gasteiger partial charge in [-0.25, -0.2) is 13.2 Å². The lowest BCUT2D eigenvalue weighted by Gasteiger charge is -2.03. The van der Waals surface area contributed by atoms with E-state index in [0.717, 1.165) is 32.3 Å². The molecule has 0 amide bonds. The molecule has 0 atom stereocenters. The summed E-state index contributed by atoms with van der Waals surface area (Å²) >= 11 is 1.87. The summed E-state index contributed by atoms with van der Waals surface area (Å²) in [5.74, 6) is 2.43. The first kappa shape index (κ1) is 24.3. The second-order valence-corrected chi connectivity index (χ2v) is 7.03. The Kier molecular flexibility index (Phi) is 14.6. The molecule has 0 spiro atoms. The minimum atomic E-state index is -0.943. The highest BCUT2D eigenvalue weighted by Crippen LogP contribution is 2.14. The molecule has 0 radical (unpaired) electrons. The monoisotopic (exact) mass is 496 g/mol. The van der Waals surface area contributed by atoms with Crippen LogP contribution in [-0.2, 0) is 7.80 Å². The maximum atomic E-state index is 13.4. The summed E-state index contributed by atoms with van der Waals surface area (Å²) in [6, 6.07) is 1.31. The topological polar surface area (TPSA) is 18.5 Å². The molecule has 27 heavy (non-hydrogen) atoms. The molecule has 0 saturated heterocycles. The van der Waals surface area contributed by atoms with Crippen molar-refractivity contribution in [3.05, 3.63) is 35.1 Å². The van der Waals surface area contributed by atoms with Crippen molar-refractivity contribution in [1.82, 2.24) is 0 Å². The molecular weight excluding hydrogens is 468 g/mol. The van der Waals surface area contributed by atoms with Gasteiger partial charge in [0.25, 0.3) is 0 Å². The van der Waals surface area contributed by atoms with E-state index < -0.39 is 17.5 Å². The molecule has 0 aliphatic rings. The van der Waals surface area contributed by atoms with Gasteiger partial charge in [-0.1, -0.05) is 56.8 Å². The second kappa shape index (κ2) is 16.2. The van der Waals surface area contributed by atoms with Gasteiger partial charge in [0.05, 0.1) is 18.8 Å². The summed E-state index contributed by atoms with van der Waals surface area (Å²) in [7, 11) is 0. The number of benzene rings is 1. The van der Waals surface area contributed by atoms with Gasteiger partial charge in [0.15, 0.2) is 0 Å². The predicted molar refractivity (Wildman–Crippen MR) is 110 cm³/mol.